The van der Waals surface area contributed by atoms with Crippen LogP contribution in [-0.4, -0.2) is 37.2 Å². The molecule has 0 aliphatic rings. The second kappa shape index (κ2) is 56.7. The molecule has 0 amide bonds. The van der Waals surface area contributed by atoms with Crippen LogP contribution in [-0.2, 0) is 28.6 Å². The van der Waals surface area contributed by atoms with E-state index in [0.717, 1.165) is 89.9 Å². The summed E-state index contributed by atoms with van der Waals surface area (Å²) in [6.07, 6.45) is 70.6. The summed E-state index contributed by atoms with van der Waals surface area (Å²) in [5.74, 6) is -0.898. The highest BCUT2D eigenvalue weighted by Gasteiger charge is 2.19. The molecule has 0 aliphatic carbocycles. The number of hydrogen-bond donors (Lipinski definition) is 0. The molecule has 0 bridgehead atoms. The quantitative estimate of drug-likeness (QED) is 0.0262. The van der Waals surface area contributed by atoms with Gasteiger partial charge in [-0.1, -0.05) is 229 Å². The Hall–Kier alpha value is -2.89. The van der Waals surface area contributed by atoms with E-state index in [2.05, 4.69) is 81.5 Å². The van der Waals surface area contributed by atoms with Crippen molar-refractivity contribution < 1.29 is 28.6 Å². The first-order chi connectivity index (χ1) is 33.5. The lowest BCUT2D eigenvalue weighted by Gasteiger charge is -2.18. The van der Waals surface area contributed by atoms with Crippen molar-refractivity contribution in [3.05, 3.63) is 60.8 Å². The Balaban J connectivity index is 4.40. The molecule has 0 heterocycles. The fourth-order valence-corrected chi connectivity index (χ4v) is 8.26. The minimum atomic E-state index is -0.786. The average Bonchev–Trinajstić information content (AvgIpc) is 3.34. The summed E-state index contributed by atoms with van der Waals surface area (Å²) in [6.45, 7) is 6.59. The molecule has 0 aliphatic heterocycles. The van der Waals surface area contributed by atoms with Crippen LogP contribution < -0.4 is 0 Å². The summed E-state index contributed by atoms with van der Waals surface area (Å²) < 4.78 is 16.9. The normalized spacial score (nSPS) is 12.5. The molecule has 1 unspecified atom stereocenters. The maximum atomic E-state index is 12.9. The molecule has 0 spiro atoms. The van der Waals surface area contributed by atoms with Gasteiger partial charge in [-0.2, -0.15) is 0 Å². The fourth-order valence-electron chi connectivity index (χ4n) is 8.26. The van der Waals surface area contributed by atoms with Gasteiger partial charge in [0.05, 0.1) is 0 Å². The van der Waals surface area contributed by atoms with Crippen LogP contribution in [0.25, 0.3) is 0 Å². The Morgan fingerprint density at radius 2 is 0.529 bits per heavy atom. The van der Waals surface area contributed by atoms with E-state index in [0.29, 0.717) is 19.3 Å². The Kier molecular flexibility index (Phi) is 54.3. The molecule has 0 aromatic heterocycles. The van der Waals surface area contributed by atoms with E-state index >= 15 is 0 Å². The molecule has 1 atom stereocenters. The molecule has 6 heteroatoms. The number of carbonyl (C=O) groups is 3. The van der Waals surface area contributed by atoms with Crippen LogP contribution in [0.1, 0.15) is 297 Å². The molecule has 0 aromatic carbocycles. The van der Waals surface area contributed by atoms with Gasteiger partial charge in [-0.25, -0.2) is 0 Å². The maximum absolute atomic E-state index is 12.9. The van der Waals surface area contributed by atoms with Gasteiger partial charge in [-0.15, -0.1) is 0 Å². The van der Waals surface area contributed by atoms with Crippen LogP contribution in [0.5, 0.6) is 0 Å². The van der Waals surface area contributed by atoms with Gasteiger partial charge in [-0.05, 0) is 109 Å². The molecular formula is C62H110O6. The predicted octanol–water partition coefficient (Wildman–Crippen LogP) is 19.6. The van der Waals surface area contributed by atoms with E-state index in [4.69, 9.17) is 14.2 Å². The van der Waals surface area contributed by atoms with Gasteiger partial charge in [-0.3, -0.25) is 14.4 Å². The van der Waals surface area contributed by atoms with Crippen molar-refractivity contribution in [1.29, 1.82) is 0 Å². The second-order valence-electron chi connectivity index (χ2n) is 19.5. The lowest BCUT2D eigenvalue weighted by Crippen LogP contribution is -2.30. The predicted molar refractivity (Wildman–Crippen MR) is 293 cm³/mol. The van der Waals surface area contributed by atoms with Gasteiger partial charge >= 0.3 is 17.9 Å². The lowest BCUT2D eigenvalue weighted by atomic mass is 10.1. The molecule has 0 fully saturated rings. The Bertz CT molecular complexity index is 1230. The van der Waals surface area contributed by atoms with Crippen LogP contribution in [0.15, 0.2) is 60.8 Å². The number of allylic oxidation sites excluding steroid dienone is 10. The molecule has 0 radical (unpaired) electrons. The zero-order valence-electron chi connectivity index (χ0n) is 45.1. The minimum Gasteiger partial charge on any atom is -0.462 e. The third-order valence-electron chi connectivity index (χ3n) is 12.7. The molecule has 0 rings (SSSR count). The Labute approximate surface area is 421 Å². The fraction of sp³-hybridized carbons (Fsp3) is 0.790. The van der Waals surface area contributed by atoms with Crippen molar-refractivity contribution in [3.63, 3.8) is 0 Å². The summed E-state index contributed by atoms with van der Waals surface area (Å²) in [7, 11) is 0. The Morgan fingerprint density at radius 1 is 0.294 bits per heavy atom. The van der Waals surface area contributed by atoms with Gasteiger partial charge in [0, 0.05) is 19.3 Å². The number of unbranched alkanes of at least 4 members (excludes halogenated alkanes) is 32. The molecule has 0 N–H and O–H groups in total. The van der Waals surface area contributed by atoms with Gasteiger partial charge in [0.2, 0.25) is 0 Å². The standard InChI is InChI=1S/C62H110O6/c1-4-7-10-13-16-19-22-25-28-30-32-34-37-40-43-46-49-52-55-61(64)67-58-59(57-66-60(63)54-51-48-45-42-39-36-33-27-24-21-18-15-12-9-6-3)68-62(65)56-53-50-47-44-41-38-35-31-29-26-23-20-17-14-11-8-5-2/h17-18,20-21,26-30,33,59H,4-16,19,22-25,31-32,34-58H2,1-3H3/b20-17-,21-18-,29-26-,30-28-,33-27-. The summed E-state index contributed by atoms with van der Waals surface area (Å²) >= 11 is 0. The second-order valence-corrected chi connectivity index (χ2v) is 19.5. The SMILES string of the molecule is CCCCC/C=C\C/C=C\CCCCCCCCCC(=O)OC(COC(=O)CCCCCCC/C=C\C/C=C\CCCCC)COC(=O)CCCCCCCCC/C=C\CCCCCCCCC. The van der Waals surface area contributed by atoms with Crippen molar-refractivity contribution in [2.45, 2.75) is 303 Å². The lowest BCUT2D eigenvalue weighted by molar-refractivity contribution is -0.167. The molecule has 0 aromatic rings. The van der Waals surface area contributed by atoms with E-state index in [9.17, 15) is 14.4 Å². The number of hydrogen-bond acceptors (Lipinski definition) is 6. The van der Waals surface area contributed by atoms with Crippen molar-refractivity contribution in [2.24, 2.45) is 0 Å². The molecule has 6 nitrogen and oxygen atoms in total. The number of rotatable bonds is 53. The van der Waals surface area contributed by atoms with E-state index in [1.165, 1.54) is 167 Å². The van der Waals surface area contributed by atoms with E-state index in [1.54, 1.807) is 0 Å². The first-order valence-electron chi connectivity index (χ1n) is 29.3. The largest absolute Gasteiger partial charge is 0.462 e. The monoisotopic (exact) mass is 951 g/mol. The highest BCUT2D eigenvalue weighted by Crippen LogP contribution is 2.15. The van der Waals surface area contributed by atoms with Crippen molar-refractivity contribution >= 4 is 17.9 Å². The summed E-state index contributed by atoms with van der Waals surface area (Å²) in [5, 5.41) is 0. The van der Waals surface area contributed by atoms with E-state index in [-0.39, 0.29) is 31.1 Å². The van der Waals surface area contributed by atoms with Gasteiger partial charge in [0.1, 0.15) is 13.2 Å². The van der Waals surface area contributed by atoms with E-state index in [1.807, 2.05) is 0 Å². The average molecular weight is 952 g/mol. The van der Waals surface area contributed by atoms with Crippen molar-refractivity contribution in [2.75, 3.05) is 13.2 Å². The molecule has 394 valence electrons. The van der Waals surface area contributed by atoms with Gasteiger partial charge < -0.3 is 14.2 Å². The number of esters is 3. The highest BCUT2D eigenvalue weighted by molar-refractivity contribution is 5.71. The van der Waals surface area contributed by atoms with E-state index < -0.39 is 6.10 Å². The zero-order valence-corrected chi connectivity index (χ0v) is 45.1. The summed E-state index contributed by atoms with van der Waals surface area (Å²) in [4.78, 5) is 38.2. The van der Waals surface area contributed by atoms with Crippen LogP contribution in [0, 0.1) is 0 Å². The van der Waals surface area contributed by atoms with Crippen molar-refractivity contribution in [3.8, 4) is 0 Å². The van der Waals surface area contributed by atoms with Gasteiger partial charge in [0.25, 0.3) is 0 Å². The minimum absolute atomic E-state index is 0.0834. The smallest absolute Gasteiger partial charge is 0.306 e. The van der Waals surface area contributed by atoms with Gasteiger partial charge in [0.15, 0.2) is 6.10 Å². The molecule has 0 saturated heterocycles. The first kappa shape index (κ1) is 65.1. The summed E-state index contributed by atoms with van der Waals surface area (Å²) in [5.41, 5.74) is 0. The summed E-state index contributed by atoms with van der Waals surface area (Å²) in [6, 6.07) is 0. The van der Waals surface area contributed by atoms with Crippen LogP contribution in [0.3, 0.4) is 0 Å². The maximum Gasteiger partial charge on any atom is 0.306 e. The molecular weight excluding hydrogens is 841 g/mol. The third kappa shape index (κ3) is 54.1. The zero-order chi connectivity index (χ0) is 49.3. The van der Waals surface area contributed by atoms with Crippen molar-refractivity contribution in [1.82, 2.24) is 0 Å². The number of ether oxygens (including phenoxy) is 3. The first-order valence-corrected chi connectivity index (χ1v) is 29.3. The topological polar surface area (TPSA) is 78.9 Å². The third-order valence-corrected chi connectivity index (χ3v) is 12.7. The molecule has 0 saturated carbocycles. The number of carbonyl (C=O) groups excluding carboxylic acids is 3. The van der Waals surface area contributed by atoms with Crippen LogP contribution >= 0.6 is 0 Å². The van der Waals surface area contributed by atoms with Crippen LogP contribution in [0.2, 0.25) is 0 Å². The Morgan fingerprint density at radius 3 is 0.853 bits per heavy atom. The molecule has 68 heavy (non-hydrogen) atoms. The highest BCUT2D eigenvalue weighted by atomic mass is 16.6. The van der Waals surface area contributed by atoms with Crippen LogP contribution in [0.4, 0.5) is 0 Å².